The van der Waals surface area contributed by atoms with Gasteiger partial charge in [-0.05, 0) is 46.9 Å². The maximum atomic E-state index is 4.55. The molecule has 2 heterocycles. The summed E-state index contributed by atoms with van der Waals surface area (Å²) in [6.45, 7) is 1.90. The highest BCUT2D eigenvalue weighted by atomic mass is 15.6. The van der Waals surface area contributed by atoms with Gasteiger partial charge in [0.05, 0.1) is 0 Å². The third-order valence-electron chi connectivity index (χ3n) is 4.30. The summed E-state index contributed by atoms with van der Waals surface area (Å²) in [7, 11) is 0. The molecular weight excluding hydrogens is 276 g/mol. The Morgan fingerprint density at radius 1 is 1.09 bits per heavy atom. The van der Waals surface area contributed by atoms with E-state index in [1.807, 2.05) is 18.2 Å². The van der Waals surface area contributed by atoms with Crippen LogP contribution in [0.4, 0.5) is 5.82 Å². The molecule has 0 bridgehead atoms. The SMILES string of the molecule is c1ccc(CN(CC2CCC2)c2ccc3nnnn3n2)cc1. The van der Waals surface area contributed by atoms with Gasteiger partial charge in [0.1, 0.15) is 0 Å². The number of fused-ring (bicyclic) bond motifs is 1. The molecule has 1 saturated carbocycles. The summed E-state index contributed by atoms with van der Waals surface area (Å²) in [5.41, 5.74) is 1.97. The molecule has 0 spiro atoms. The van der Waals surface area contributed by atoms with E-state index in [0.29, 0.717) is 5.65 Å². The van der Waals surface area contributed by atoms with Crippen LogP contribution in [-0.2, 0) is 6.54 Å². The van der Waals surface area contributed by atoms with Gasteiger partial charge in [-0.15, -0.1) is 14.8 Å². The molecule has 1 fully saturated rings. The summed E-state index contributed by atoms with van der Waals surface area (Å²) >= 11 is 0. The average molecular weight is 294 g/mol. The summed E-state index contributed by atoms with van der Waals surface area (Å²) in [5.74, 6) is 1.70. The van der Waals surface area contributed by atoms with Crippen LogP contribution < -0.4 is 4.90 Å². The molecule has 0 atom stereocenters. The van der Waals surface area contributed by atoms with Crippen molar-refractivity contribution in [1.29, 1.82) is 0 Å². The fourth-order valence-corrected chi connectivity index (χ4v) is 2.84. The summed E-state index contributed by atoms with van der Waals surface area (Å²) in [4.78, 5) is 2.33. The summed E-state index contributed by atoms with van der Waals surface area (Å²) in [5, 5.41) is 16.0. The zero-order valence-electron chi connectivity index (χ0n) is 12.3. The smallest absolute Gasteiger partial charge is 0.200 e. The Labute approximate surface area is 128 Å². The lowest BCUT2D eigenvalue weighted by Crippen LogP contribution is -2.33. The number of hydrogen-bond acceptors (Lipinski definition) is 5. The van der Waals surface area contributed by atoms with Crippen molar-refractivity contribution in [1.82, 2.24) is 25.3 Å². The minimum Gasteiger partial charge on any atom is -0.351 e. The number of benzene rings is 1. The Morgan fingerprint density at radius 3 is 2.73 bits per heavy atom. The van der Waals surface area contributed by atoms with Gasteiger partial charge in [0, 0.05) is 13.1 Å². The van der Waals surface area contributed by atoms with Gasteiger partial charge in [-0.25, -0.2) is 0 Å². The average Bonchev–Trinajstić information content (AvgIpc) is 2.98. The molecule has 0 saturated heterocycles. The van der Waals surface area contributed by atoms with Crippen LogP contribution in [0.5, 0.6) is 0 Å². The van der Waals surface area contributed by atoms with Crippen LogP contribution >= 0.6 is 0 Å². The lowest BCUT2D eigenvalue weighted by atomic mass is 9.85. The van der Waals surface area contributed by atoms with E-state index in [1.165, 1.54) is 29.5 Å². The predicted octanol–water partition coefficient (Wildman–Crippen LogP) is 2.33. The van der Waals surface area contributed by atoms with Crippen LogP contribution in [0.1, 0.15) is 24.8 Å². The molecule has 0 unspecified atom stereocenters. The van der Waals surface area contributed by atoms with Crippen molar-refractivity contribution in [2.45, 2.75) is 25.8 Å². The molecule has 0 N–H and O–H groups in total. The first-order valence-electron chi connectivity index (χ1n) is 7.73. The van der Waals surface area contributed by atoms with Crippen LogP contribution in [0, 0.1) is 5.92 Å². The number of hydrogen-bond donors (Lipinski definition) is 0. The molecule has 22 heavy (non-hydrogen) atoms. The van der Waals surface area contributed by atoms with E-state index in [2.05, 4.69) is 49.8 Å². The molecule has 112 valence electrons. The van der Waals surface area contributed by atoms with Crippen molar-refractivity contribution in [2.24, 2.45) is 5.92 Å². The third kappa shape index (κ3) is 2.64. The first-order valence-corrected chi connectivity index (χ1v) is 7.73. The van der Waals surface area contributed by atoms with E-state index in [1.54, 1.807) is 0 Å². The van der Waals surface area contributed by atoms with Gasteiger partial charge in [0.15, 0.2) is 11.5 Å². The Bertz CT molecular complexity index is 749. The first kappa shape index (κ1) is 13.2. The van der Waals surface area contributed by atoms with Crippen molar-refractivity contribution in [3.05, 3.63) is 48.0 Å². The molecular formula is C16H18N6. The molecule has 1 aliphatic carbocycles. The molecule has 6 nitrogen and oxygen atoms in total. The standard InChI is InChI=1S/C16H18N6/c1-2-5-13(6-3-1)11-21(12-14-7-4-8-14)16-10-9-15-17-19-20-22(15)18-16/h1-3,5-6,9-10,14H,4,7-8,11-12H2. The maximum absolute atomic E-state index is 4.55. The molecule has 0 radical (unpaired) electrons. The van der Waals surface area contributed by atoms with Crippen LogP contribution in [0.3, 0.4) is 0 Å². The van der Waals surface area contributed by atoms with Crippen molar-refractivity contribution in [2.75, 3.05) is 11.4 Å². The van der Waals surface area contributed by atoms with Crippen LogP contribution in [-0.4, -0.2) is 31.8 Å². The second-order valence-corrected chi connectivity index (χ2v) is 5.88. The molecule has 0 aliphatic heterocycles. The van der Waals surface area contributed by atoms with Crippen molar-refractivity contribution >= 4 is 11.5 Å². The highest BCUT2D eigenvalue weighted by Gasteiger charge is 2.22. The molecule has 6 heteroatoms. The quantitative estimate of drug-likeness (QED) is 0.723. The van der Waals surface area contributed by atoms with Gasteiger partial charge in [0.2, 0.25) is 0 Å². The number of rotatable bonds is 5. The van der Waals surface area contributed by atoms with Crippen LogP contribution in [0.25, 0.3) is 5.65 Å². The Morgan fingerprint density at radius 2 is 1.95 bits per heavy atom. The Kier molecular flexibility index (Phi) is 3.42. The zero-order chi connectivity index (χ0) is 14.8. The number of aromatic nitrogens is 5. The van der Waals surface area contributed by atoms with Crippen LogP contribution in [0.15, 0.2) is 42.5 Å². The van der Waals surface area contributed by atoms with Gasteiger partial charge < -0.3 is 4.90 Å². The third-order valence-corrected chi connectivity index (χ3v) is 4.30. The van der Waals surface area contributed by atoms with Crippen molar-refractivity contribution in [3.63, 3.8) is 0 Å². The molecule has 3 aromatic rings. The molecule has 1 aromatic carbocycles. The van der Waals surface area contributed by atoms with E-state index in [9.17, 15) is 0 Å². The number of tetrazole rings is 1. The van der Waals surface area contributed by atoms with Crippen LogP contribution in [0.2, 0.25) is 0 Å². The predicted molar refractivity (Wildman–Crippen MR) is 83.4 cm³/mol. The number of anilines is 1. The minimum absolute atomic E-state index is 0.673. The lowest BCUT2D eigenvalue weighted by molar-refractivity contribution is 0.316. The summed E-state index contributed by atoms with van der Waals surface area (Å²) < 4.78 is 1.49. The summed E-state index contributed by atoms with van der Waals surface area (Å²) in [6, 6.07) is 14.4. The fourth-order valence-electron chi connectivity index (χ4n) is 2.84. The largest absolute Gasteiger partial charge is 0.351 e. The first-order chi connectivity index (χ1) is 10.9. The molecule has 1 aliphatic rings. The fraction of sp³-hybridized carbons (Fsp3) is 0.375. The van der Waals surface area contributed by atoms with E-state index in [-0.39, 0.29) is 0 Å². The van der Waals surface area contributed by atoms with Crippen molar-refractivity contribution < 1.29 is 0 Å². The van der Waals surface area contributed by atoms with Gasteiger partial charge in [0.25, 0.3) is 0 Å². The second-order valence-electron chi connectivity index (χ2n) is 5.88. The van der Waals surface area contributed by atoms with Gasteiger partial charge >= 0.3 is 0 Å². The maximum Gasteiger partial charge on any atom is 0.200 e. The van der Waals surface area contributed by atoms with E-state index >= 15 is 0 Å². The van der Waals surface area contributed by atoms with E-state index < -0.39 is 0 Å². The Balaban J connectivity index is 1.62. The molecule has 4 rings (SSSR count). The monoisotopic (exact) mass is 294 g/mol. The van der Waals surface area contributed by atoms with E-state index in [4.69, 9.17) is 0 Å². The topological polar surface area (TPSA) is 59.2 Å². The number of nitrogens with zero attached hydrogens (tertiary/aromatic N) is 6. The van der Waals surface area contributed by atoms with Gasteiger partial charge in [-0.1, -0.05) is 36.8 Å². The highest BCUT2D eigenvalue weighted by Crippen LogP contribution is 2.29. The lowest BCUT2D eigenvalue weighted by Gasteiger charge is -2.33. The normalized spacial score (nSPS) is 14.9. The van der Waals surface area contributed by atoms with E-state index in [0.717, 1.165) is 24.8 Å². The second kappa shape index (κ2) is 5.71. The Hall–Kier alpha value is -2.50. The minimum atomic E-state index is 0.673. The van der Waals surface area contributed by atoms with Crippen molar-refractivity contribution in [3.8, 4) is 0 Å². The van der Waals surface area contributed by atoms with Gasteiger partial charge in [-0.3, -0.25) is 0 Å². The van der Waals surface area contributed by atoms with Gasteiger partial charge in [-0.2, -0.15) is 0 Å². The molecule has 2 aromatic heterocycles. The molecule has 0 amide bonds. The summed E-state index contributed by atoms with van der Waals surface area (Å²) in [6.07, 6.45) is 3.99. The highest BCUT2D eigenvalue weighted by molar-refractivity contribution is 5.45. The zero-order valence-corrected chi connectivity index (χ0v) is 12.3.